The predicted molar refractivity (Wildman–Crippen MR) is 76.4 cm³/mol. The van der Waals surface area contributed by atoms with Crippen molar-refractivity contribution < 1.29 is 4.79 Å². The van der Waals surface area contributed by atoms with Gasteiger partial charge in [0.05, 0.1) is 0 Å². The van der Waals surface area contributed by atoms with Gasteiger partial charge in [0.25, 0.3) is 0 Å². The summed E-state index contributed by atoms with van der Waals surface area (Å²) < 4.78 is 0. The summed E-state index contributed by atoms with van der Waals surface area (Å²) in [5, 5.41) is 2.94. The Kier molecular flexibility index (Phi) is 4.83. The maximum Gasteiger partial charge on any atom is 0.321 e. The Labute approximate surface area is 112 Å². The van der Waals surface area contributed by atoms with Crippen LogP contribution in [0.25, 0.3) is 0 Å². The number of hydrogen-bond donors (Lipinski definition) is 1. The quantitative estimate of drug-likeness (QED) is 0.754. The van der Waals surface area contributed by atoms with E-state index in [1.54, 1.807) is 0 Å². The number of nitrogens with one attached hydrogen (secondary N) is 1. The molecular weight excluding hydrogens is 224 g/mol. The van der Waals surface area contributed by atoms with E-state index in [1.807, 2.05) is 11.1 Å². The molecule has 0 aromatic carbocycles. The molecule has 2 atom stereocenters. The number of rotatable bonds is 1. The molecule has 2 amide bonds. The smallest absolute Gasteiger partial charge is 0.319 e. The third kappa shape index (κ3) is 3.76. The zero-order valence-electron chi connectivity index (χ0n) is 12.7. The van der Waals surface area contributed by atoms with Gasteiger partial charge < -0.3 is 10.2 Å². The molecule has 18 heavy (non-hydrogen) atoms. The highest BCUT2D eigenvalue weighted by atomic mass is 16.2. The van der Waals surface area contributed by atoms with Crippen molar-refractivity contribution in [2.45, 2.75) is 72.9 Å². The minimum Gasteiger partial charge on any atom is -0.319 e. The number of carbonyl (C=O) groups excluding carboxylic acids is 1. The molecule has 3 nitrogen and oxygen atoms in total. The summed E-state index contributed by atoms with van der Waals surface area (Å²) in [4.78, 5) is 14.2. The Hall–Kier alpha value is -0.990. The number of likely N-dealkylation sites (tertiary alicyclic amines) is 1. The fraction of sp³-hybridized carbons (Fsp3) is 0.800. The van der Waals surface area contributed by atoms with Gasteiger partial charge >= 0.3 is 6.03 Å². The second-order valence-corrected chi connectivity index (χ2v) is 6.56. The first-order chi connectivity index (χ1) is 8.23. The van der Waals surface area contributed by atoms with Crippen molar-refractivity contribution in [3.63, 3.8) is 0 Å². The first-order valence-electron chi connectivity index (χ1n) is 6.99. The van der Waals surface area contributed by atoms with Crippen molar-refractivity contribution in [2.75, 3.05) is 0 Å². The average molecular weight is 252 g/mol. The summed E-state index contributed by atoms with van der Waals surface area (Å²) in [6, 6.07) is 0.729. The van der Waals surface area contributed by atoms with E-state index in [2.05, 4.69) is 46.9 Å². The van der Waals surface area contributed by atoms with E-state index in [0.717, 1.165) is 12.8 Å². The van der Waals surface area contributed by atoms with Gasteiger partial charge in [0.1, 0.15) is 0 Å². The number of piperidine rings is 1. The highest BCUT2D eigenvalue weighted by Crippen LogP contribution is 2.24. The van der Waals surface area contributed by atoms with Crippen LogP contribution in [0.4, 0.5) is 4.79 Å². The van der Waals surface area contributed by atoms with Crippen LogP contribution in [0.1, 0.15) is 60.8 Å². The number of hydrogen-bond acceptors (Lipinski definition) is 1. The van der Waals surface area contributed by atoms with Crippen molar-refractivity contribution in [3.8, 4) is 0 Å². The van der Waals surface area contributed by atoms with Crippen molar-refractivity contribution in [1.29, 1.82) is 0 Å². The summed E-state index contributed by atoms with van der Waals surface area (Å²) in [5.41, 5.74) is 1.29. The highest BCUT2D eigenvalue weighted by molar-refractivity contribution is 5.76. The van der Waals surface area contributed by atoms with Crippen molar-refractivity contribution in [1.82, 2.24) is 10.2 Å². The van der Waals surface area contributed by atoms with Crippen LogP contribution < -0.4 is 5.32 Å². The van der Waals surface area contributed by atoms with Gasteiger partial charge in [0, 0.05) is 18.3 Å². The molecule has 3 heteroatoms. The Morgan fingerprint density at radius 1 is 1.22 bits per heavy atom. The van der Waals surface area contributed by atoms with E-state index in [-0.39, 0.29) is 11.4 Å². The molecule has 1 aliphatic rings. The molecule has 0 aromatic rings. The lowest BCUT2D eigenvalue weighted by Gasteiger charge is -2.38. The lowest BCUT2D eigenvalue weighted by molar-refractivity contribution is 0.125. The van der Waals surface area contributed by atoms with E-state index in [4.69, 9.17) is 0 Å². The third-order valence-electron chi connectivity index (χ3n) is 4.02. The zero-order chi connectivity index (χ0) is 13.9. The largest absolute Gasteiger partial charge is 0.321 e. The van der Waals surface area contributed by atoms with E-state index in [0.29, 0.717) is 12.1 Å². The van der Waals surface area contributed by atoms with Crippen LogP contribution in [0.5, 0.6) is 0 Å². The maximum atomic E-state index is 12.2. The molecule has 104 valence electrons. The van der Waals surface area contributed by atoms with Crippen LogP contribution in [0.3, 0.4) is 0 Å². The molecule has 0 bridgehead atoms. The fourth-order valence-electron chi connectivity index (χ4n) is 2.28. The third-order valence-corrected chi connectivity index (χ3v) is 4.02. The van der Waals surface area contributed by atoms with Gasteiger partial charge in [-0.05, 0) is 45.4 Å². The standard InChI is InChI=1S/C15H28N2O/c1-11(15(4,5)6)10-16-14(18)17-12(2)8-7-9-13(17)3/h10,12-13H,7-9H2,1-6H3,(H,16,18)/b11-10+. The zero-order valence-corrected chi connectivity index (χ0v) is 12.7. The van der Waals surface area contributed by atoms with Gasteiger partial charge in [0.2, 0.25) is 0 Å². The number of allylic oxidation sites excluding steroid dienone is 1. The Balaban J connectivity index is 2.65. The molecule has 0 aromatic heterocycles. The van der Waals surface area contributed by atoms with E-state index < -0.39 is 0 Å². The SMILES string of the molecule is C/C(=C\NC(=O)N1C(C)CCCC1C)C(C)(C)C. The molecule has 0 spiro atoms. The summed E-state index contributed by atoms with van der Waals surface area (Å²) >= 11 is 0. The average Bonchev–Trinajstić information content (AvgIpc) is 2.24. The van der Waals surface area contributed by atoms with Gasteiger partial charge in [-0.2, -0.15) is 0 Å². The maximum absolute atomic E-state index is 12.2. The Morgan fingerprint density at radius 2 is 1.72 bits per heavy atom. The predicted octanol–water partition coefficient (Wildman–Crippen LogP) is 3.91. The number of amides is 2. The lowest BCUT2D eigenvalue weighted by Crippen LogP contribution is -2.50. The molecular formula is C15H28N2O. The lowest BCUT2D eigenvalue weighted by atomic mass is 9.88. The minimum absolute atomic E-state index is 0.0401. The molecule has 2 unspecified atom stereocenters. The van der Waals surface area contributed by atoms with Crippen LogP contribution in [-0.4, -0.2) is 23.0 Å². The summed E-state index contributed by atoms with van der Waals surface area (Å²) in [5.74, 6) is 0. The van der Waals surface area contributed by atoms with E-state index in [9.17, 15) is 4.79 Å². The molecule has 0 radical (unpaired) electrons. The molecule has 0 saturated carbocycles. The summed E-state index contributed by atoms with van der Waals surface area (Å²) in [6.45, 7) is 12.8. The van der Waals surface area contributed by atoms with Crippen molar-refractivity contribution in [3.05, 3.63) is 11.8 Å². The second kappa shape index (κ2) is 5.77. The van der Waals surface area contributed by atoms with Gasteiger partial charge in [0.15, 0.2) is 0 Å². The summed E-state index contributed by atoms with van der Waals surface area (Å²) in [7, 11) is 0. The van der Waals surface area contributed by atoms with Crippen LogP contribution in [-0.2, 0) is 0 Å². The highest BCUT2D eigenvalue weighted by Gasteiger charge is 2.28. The van der Waals surface area contributed by atoms with Crippen molar-refractivity contribution >= 4 is 6.03 Å². The fourth-order valence-corrected chi connectivity index (χ4v) is 2.28. The molecule has 0 aliphatic carbocycles. The molecule has 1 heterocycles. The molecule has 1 rings (SSSR count). The molecule has 1 aliphatic heterocycles. The first-order valence-corrected chi connectivity index (χ1v) is 6.99. The Morgan fingerprint density at radius 3 is 2.17 bits per heavy atom. The van der Waals surface area contributed by atoms with Crippen LogP contribution in [0.2, 0.25) is 0 Å². The molecule has 1 N–H and O–H groups in total. The van der Waals surface area contributed by atoms with Gasteiger partial charge in [-0.15, -0.1) is 0 Å². The number of urea groups is 1. The summed E-state index contributed by atoms with van der Waals surface area (Å²) in [6.07, 6.45) is 5.30. The number of nitrogens with zero attached hydrogens (tertiary/aromatic N) is 1. The van der Waals surface area contributed by atoms with Crippen LogP contribution in [0, 0.1) is 5.41 Å². The monoisotopic (exact) mass is 252 g/mol. The van der Waals surface area contributed by atoms with Gasteiger partial charge in [-0.1, -0.05) is 26.3 Å². The Bertz CT molecular complexity index is 318. The topological polar surface area (TPSA) is 32.3 Å². The van der Waals surface area contributed by atoms with Crippen LogP contribution in [0.15, 0.2) is 11.8 Å². The van der Waals surface area contributed by atoms with Gasteiger partial charge in [-0.25, -0.2) is 4.79 Å². The van der Waals surface area contributed by atoms with Crippen molar-refractivity contribution in [2.24, 2.45) is 5.41 Å². The normalized spacial score (nSPS) is 26.1. The van der Waals surface area contributed by atoms with Crippen LogP contribution >= 0.6 is 0 Å². The second-order valence-electron chi connectivity index (χ2n) is 6.56. The molecule has 1 fully saturated rings. The van der Waals surface area contributed by atoms with Gasteiger partial charge in [-0.3, -0.25) is 0 Å². The van der Waals surface area contributed by atoms with E-state index in [1.165, 1.54) is 12.0 Å². The molecule has 1 saturated heterocycles. The van der Waals surface area contributed by atoms with E-state index >= 15 is 0 Å². The number of carbonyl (C=O) groups is 1. The first kappa shape index (κ1) is 15.1. The minimum atomic E-state index is 0.0401.